The van der Waals surface area contributed by atoms with E-state index in [2.05, 4.69) is 24.1 Å². The molecule has 1 aliphatic heterocycles. The Morgan fingerprint density at radius 3 is 2.29 bits per heavy atom. The third kappa shape index (κ3) is 5.91. The number of nitrogens with one attached hydrogen (secondary N) is 1. The van der Waals surface area contributed by atoms with E-state index in [4.69, 9.17) is 5.11 Å². The van der Waals surface area contributed by atoms with Crippen LogP contribution in [-0.4, -0.2) is 64.7 Å². The van der Waals surface area contributed by atoms with Crippen molar-refractivity contribution in [3.05, 3.63) is 0 Å². The Bertz CT molecular complexity index is 363. The molecule has 6 heteroatoms. The van der Waals surface area contributed by atoms with Crippen molar-refractivity contribution in [3.8, 4) is 0 Å². The molecule has 2 amide bonds. The van der Waals surface area contributed by atoms with Gasteiger partial charge in [0.25, 0.3) is 0 Å². The molecule has 0 aromatic carbocycles. The van der Waals surface area contributed by atoms with Crippen LogP contribution in [0.15, 0.2) is 0 Å². The molecule has 1 rings (SSSR count). The van der Waals surface area contributed by atoms with Gasteiger partial charge < -0.3 is 15.3 Å². The van der Waals surface area contributed by atoms with Crippen molar-refractivity contribution in [3.63, 3.8) is 0 Å². The maximum absolute atomic E-state index is 12.3. The number of nitrogens with zero attached hydrogens (tertiary/aromatic N) is 2. The fourth-order valence-electron chi connectivity index (χ4n) is 2.47. The first-order chi connectivity index (χ1) is 9.75. The van der Waals surface area contributed by atoms with E-state index in [-0.39, 0.29) is 12.5 Å². The minimum absolute atomic E-state index is 0.0646. The number of aliphatic carboxylic acids is 1. The number of hydrogen-bond donors (Lipinski definition) is 2. The maximum Gasteiger partial charge on any atom is 0.317 e. The Kier molecular flexibility index (Phi) is 6.45. The van der Waals surface area contributed by atoms with Gasteiger partial charge in [-0.2, -0.15) is 0 Å². The predicted octanol–water partition coefficient (Wildman–Crippen LogP) is 1.76. The molecule has 0 spiro atoms. The number of carbonyl (C=O) groups is 2. The average molecular weight is 299 g/mol. The highest BCUT2D eigenvalue weighted by atomic mass is 16.4. The number of carboxylic acid groups (broad SMARTS) is 1. The Labute approximate surface area is 127 Å². The molecule has 0 radical (unpaired) electrons. The molecule has 1 fully saturated rings. The van der Waals surface area contributed by atoms with Crippen molar-refractivity contribution in [1.82, 2.24) is 15.1 Å². The highest BCUT2D eigenvalue weighted by molar-refractivity contribution is 5.75. The van der Waals surface area contributed by atoms with E-state index >= 15 is 0 Å². The lowest BCUT2D eigenvalue weighted by molar-refractivity contribution is -0.137. The fourth-order valence-corrected chi connectivity index (χ4v) is 2.47. The van der Waals surface area contributed by atoms with Gasteiger partial charge in [-0.05, 0) is 33.6 Å². The quantitative estimate of drug-likeness (QED) is 0.784. The molecule has 1 saturated heterocycles. The number of urea groups is 1. The molecule has 1 atom stereocenters. The van der Waals surface area contributed by atoms with Gasteiger partial charge in [-0.15, -0.1) is 0 Å². The monoisotopic (exact) mass is 299 g/mol. The van der Waals surface area contributed by atoms with Gasteiger partial charge in [0.2, 0.25) is 0 Å². The predicted molar refractivity (Wildman–Crippen MR) is 82.4 cm³/mol. The van der Waals surface area contributed by atoms with E-state index in [0.29, 0.717) is 12.5 Å². The van der Waals surface area contributed by atoms with Crippen LogP contribution in [0, 0.1) is 0 Å². The van der Waals surface area contributed by atoms with E-state index in [1.54, 1.807) is 0 Å². The smallest absolute Gasteiger partial charge is 0.317 e. The zero-order valence-electron chi connectivity index (χ0n) is 13.7. The Morgan fingerprint density at radius 1 is 1.24 bits per heavy atom. The van der Waals surface area contributed by atoms with Gasteiger partial charge >= 0.3 is 12.0 Å². The summed E-state index contributed by atoms with van der Waals surface area (Å²) in [6, 6.07) is 0.469. The van der Waals surface area contributed by atoms with E-state index in [9.17, 15) is 9.59 Å². The van der Waals surface area contributed by atoms with Gasteiger partial charge in [-0.25, -0.2) is 4.79 Å². The van der Waals surface area contributed by atoms with Crippen molar-refractivity contribution in [2.45, 2.75) is 58.5 Å². The molecule has 1 heterocycles. The van der Waals surface area contributed by atoms with Gasteiger partial charge in [-0.3, -0.25) is 9.69 Å². The topological polar surface area (TPSA) is 72.9 Å². The zero-order valence-corrected chi connectivity index (χ0v) is 13.7. The van der Waals surface area contributed by atoms with Crippen LogP contribution >= 0.6 is 0 Å². The maximum atomic E-state index is 12.3. The Hall–Kier alpha value is -1.30. The van der Waals surface area contributed by atoms with Crippen molar-refractivity contribution in [2.24, 2.45) is 0 Å². The average Bonchev–Trinajstić information content (AvgIpc) is 2.44. The van der Waals surface area contributed by atoms with Crippen LogP contribution in [-0.2, 0) is 4.79 Å². The third-order valence-corrected chi connectivity index (χ3v) is 4.22. The van der Waals surface area contributed by atoms with Crippen molar-refractivity contribution in [2.75, 3.05) is 26.2 Å². The second-order valence-electron chi connectivity index (χ2n) is 6.49. The van der Waals surface area contributed by atoms with Crippen LogP contribution in [0.25, 0.3) is 0 Å². The number of carbonyl (C=O) groups excluding carboxylic acids is 1. The largest absolute Gasteiger partial charge is 0.481 e. The minimum atomic E-state index is -0.834. The van der Waals surface area contributed by atoms with Gasteiger partial charge in [0.1, 0.15) is 0 Å². The van der Waals surface area contributed by atoms with Crippen molar-refractivity contribution < 1.29 is 14.7 Å². The standard InChI is InChI=1S/C15H29N3O3/c1-5-12(2)17-8-10-18(11-9-17)14(21)16-15(3,4)7-6-13(19)20/h12H,5-11H2,1-4H3,(H,16,21)(H,19,20). The van der Waals surface area contributed by atoms with E-state index in [1.807, 2.05) is 18.7 Å². The summed E-state index contributed by atoms with van der Waals surface area (Å²) in [4.78, 5) is 27.1. The zero-order chi connectivity index (χ0) is 16.0. The number of rotatable bonds is 6. The van der Waals surface area contributed by atoms with Crippen molar-refractivity contribution in [1.29, 1.82) is 0 Å². The summed E-state index contributed by atoms with van der Waals surface area (Å²) < 4.78 is 0. The van der Waals surface area contributed by atoms with Crippen molar-refractivity contribution >= 4 is 12.0 Å². The van der Waals surface area contributed by atoms with Gasteiger partial charge in [-0.1, -0.05) is 6.92 Å². The molecule has 1 unspecified atom stereocenters. The number of carboxylic acids is 1. The lowest BCUT2D eigenvalue weighted by Gasteiger charge is -2.39. The Morgan fingerprint density at radius 2 is 1.81 bits per heavy atom. The van der Waals surface area contributed by atoms with Crippen LogP contribution in [0.5, 0.6) is 0 Å². The highest BCUT2D eigenvalue weighted by Gasteiger charge is 2.27. The molecule has 21 heavy (non-hydrogen) atoms. The van der Waals surface area contributed by atoms with Gasteiger partial charge in [0.05, 0.1) is 0 Å². The molecule has 1 aliphatic rings. The lowest BCUT2D eigenvalue weighted by Crippen LogP contribution is -2.56. The molecule has 0 aromatic rings. The molecular weight excluding hydrogens is 270 g/mol. The van der Waals surface area contributed by atoms with Crippen LogP contribution in [0.4, 0.5) is 4.79 Å². The van der Waals surface area contributed by atoms with Crippen LogP contribution < -0.4 is 5.32 Å². The van der Waals surface area contributed by atoms with Gasteiger partial charge in [0.15, 0.2) is 0 Å². The van der Waals surface area contributed by atoms with E-state index in [1.165, 1.54) is 0 Å². The van der Waals surface area contributed by atoms with Crippen LogP contribution in [0.3, 0.4) is 0 Å². The summed E-state index contributed by atoms with van der Waals surface area (Å²) in [5, 5.41) is 11.7. The number of hydrogen-bond acceptors (Lipinski definition) is 3. The summed E-state index contributed by atoms with van der Waals surface area (Å²) in [5.41, 5.74) is -0.497. The summed E-state index contributed by atoms with van der Waals surface area (Å²) in [5.74, 6) is -0.834. The molecule has 0 aromatic heterocycles. The fraction of sp³-hybridized carbons (Fsp3) is 0.867. The second kappa shape index (κ2) is 7.64. The third-order valence-electron chi connectivity index (χ3n) is 4.22. The normalized spacial score (nSPS) is 18.4. The molecule has 6 nitrogen and oxygen atoms in total. The molecule has 2 N–H and O–H groups in total. The van der Waals surface area contributed by atoms with Gasteiger partial charge in [0, 0.05) is 44.2 Å². The summed E-state index contributed by atoms with van der Waals surface area (Å²) >= 11 is 0. The SMILES string of the molecule is CCC(C)N1CCN(C(=O)NC(C)(C)CCC(=O)O)CC1. The Balaban J connectivity index is 2.41. The molecular formula is C15H29N3O3. The first-order valence-electron chi connectivity index (χ1n) is 7.78. The molecule has 122 valence electrons. The van der Waals surface area contributed by atoms with Crippen LogP contribution in [0.1, 0.15) is 47.0 Å². The first kappa shape index (κ1) is 17.8. The summed E-state index contributed by atoms with van der Waals surface area (Å²) in [6.45, 7) is 11.4. The second-order valence-corrected chi connectivity index (χ2v) is 6.49. The van der Waals surface area contributed by atoms with E-state index < -0.39 is 11.5 Å². The number of piperazine rings is 1. The summed E-state index contributed by atoms with van der Waals surface area (Å²) in [7, 11) is 0. The number of amides is 2. The first-order valence-corrected chi connectivity index (χ1v) is 7.78. The minimum Gasteiger partial charge on any atom is -0.481 e. The highest BCUT2D eigenvalue weighted by Crippen LogP contribution is 2.13. The lowest BCUT2D eigenvalue weighted by atomic mass is 9.99. The van der Waals surface area contributed by atoms with Crippen LogP contribution in [0.2, 0.25) is 0 Å². The molecule has 0 saturated carbocycles. The van der Waals surface area contributed by atoms with E-state index in [0.717, 1.165) is 32.6 Å². The molecule has 0 aliphatic carbocycles. The molecule has 0 bridgehead atoms. The summed E-state index contributed by atoms with van der Waals surface area (Å²) in [6.07, 6.45) is 1.62.